The molecule has 6 nitrogen and oxygen atoms in total. The summed E-state index contributed by atoms with van der Waals surface area (Å²) in [5, 5.41) is 2.07. The Labute approximate surface area is 169 Å². The molecule has 0 amide bonds. The van der Waals surface area contributed by atoms with E-state index in [1.54, 1.807) is 0 Å². The van der Waals surface area contributed by atoms with Gasteiger partial charge in [-0.15, -0.1) is 0 Å². The summed E-state index contributed by atoms with van der Waals surface area (Å²) >= 11 is 0. The molecule has 3 aromatic rings. The van der Waals surface area contributed by atoms with Crippen LogP contribution in [-0.4, -0.2) is 26.7 Å². The van der Waals surface area contributed by atoms with E-state index in [9.17, 15) is 18.0 Å². The number of fused-ring (bicyclic) bond motifs is 1. The van der Waals surface area contributed by atoms with E-state index in [4.69, 9.17) is 4.74 Å². The van der Waals surface area contributed by atoms with Crippen LogP contribution in [0.15, 0.2) is 71.6 Å². The number of carbonyl (C=O) groups excluding carboxylic acids is 2. The molecule has 0 aromatic heterocycles. The van der Waals surface area contributed by atoms with Crippen molar-refractivity contribution in [3.05, 3.63) is 77.9 Å². The van der Waals surface area contributed by atoms with Gasteiger partial charge < -0.3 is 4.74 Å². The van der Waals surface area contributed by atoms with Crippen molar-refractivity contribution < 1.29 is 22.7 Å². The predicted molar refractivity (Wildman–Crippen MR) is 110 cm³/mol. The molecule has 3 aromatic carbocycles. The molecule has 0 aliphatic heterocycles. The summed E-state index contributed by atoms with van der Waals surface area (Å²) in [7, 11) is -3.76. The molecule has 29 heavy (non-hydrogen) atoms. The minimum Gasteiger partial charge on any atom is -0.461 e. The van der Waals surface area contributed by atoms with Crippen molar-refractivity contribution in [2.24, 2.45) is 0 Å². The van der Waals surface area contributed by atoms with Gasteiger partial charge in [-0.3, -0.25) is 9.59 Å². The van der Waals surface area contributed by atoms with E-state index >= 15 is 0 Å². The minimum atomic E-state index is -3.76. The monoisotopic (exact) mass is 411 g/mol. The number of esters is 1. The Morgan fingerprint density at radius 3 is 2.34 bits per heavy atom. The Balaban J connectivity index is 1.52. The van der Waals surface area contributed by atoms with Gasteiger partial charge in [0.2, 0.25) is 10.0 Å². The van der Waals surface area contributed by atoms with E-state index in [2.05, 4.69) is 4.72 Å². The van der Waals surface area contributed by atoms with Crippen LogP contribution in [0.3, 0.4) is 0 Å². The van der Waals surface area contributed by atoms with Crippen LogP contribution >= 0.6 is 0 Å². The number of sulfonamides is 1. The van der Waals surface area contributed by atoms with Gasteiger partial charge in [0, 0.05) is 12.1 Å². The lowest BCUT2D eigenvalue weighted by atomic mass is 10.1. The van der Waals surface area contributed by atoms with Gasteiger partial charge in [0.05, 0.1) is 11.3 Å². The van der Waals surface area contributed by atoms with E-state index in [-0.39, 0.29) is 30.3 Å². The quantitative estimate of drug-likeness (QED) is 0.453. The zero-order valence-electron chi connectivity index (χ0n) is 15.9. The van der Waals surface area contributed by atoms with Crippen LogP contribution in [0.4, 0.5) is 0 Å². The number of rotatable bonds is 8. The van der Waals surface area contributed by atoms with Gasteiger partial charge >= 0.3 is 5.97 Å². The van der Waals surface area contributed by atoms with Crippen molar-refractivity contribution in [2.45, 2.75) is 24.8 Å². The summed E-state index contributed by atoms with van der Waals surface area (Å²) in [6.07, 6.45) is -0.0878. The number of nitrogens with one attached hydrogen (secondary N) is 1. The molecule has 0 aliphatic rings. The smallest absolute Gasteiger partial charge is 0.307 e. The second kappa shape index (κ2) is 8.98. The van der Waals surface area contributed by atoms with Crippen molar-refractivity contribution in [1.29, 1.82) is 0 Å². The van der Waals surface area contributed by atoms with Gasteiger partial charge in [-0.05, 0) is 35.4 Å². The number of Topliss-reactive ketones (excluding diaryl/α,β-unsaturated/α-hetero) is 1. The molecule has 0 fully saturated rings. The third-order valence-corrected chi connectivity index (χ3v) is 5.94. The maximum atomic E-state index is 12.3. The summed E-state index contributed by atoms with van der Waals surface area (Å²) in [6.45, 7) is 1.45. The van der Waals surface area contributed by atoms with E-state index < -0.39 is 16.0 Å². The maximum Gasteiger partial charge on any atom is 0.307 e. The Morgan fingerprint density at radius 1 is 0.931 bits per heavy atom. The number of hydrogen-bond donors (Lipinski definition) is 1. The first kappa shape index (κ1) is 20.7. The summed E-state index contributed by atoms with van der Waals surface area (Å²) in [5.41, 5.74) is 1.32. The fourth-order valence-electron chi connectivity index (χ4n) is 2.89. The van der Waals surface area contributed by atoms with Crippen LogP contribution in [0.5, 0.6) is 0 Å². The number of ketones is 1. The van der Waals surface area contributed by atoms with E-state index in [1.165, 1.54) is 31.2 Å². The Bertz CT molecular complexity index is 1130. The Hall–Kier alpha value is -3.03. The fourth-order valence-corrected chi connectivity index (χ4v) is 3.92. The molecule has 0 atom stereocenters. The average Bonchev–Trinajstić information content (AvgIpc) is 2.72. The van der Waals surface area contributed by atoms with Crippen LogP contribution in [0.2, 0.25) is 0 Å². The third kappa shape index (κ3) is 5.28. The van der Waals surface area contributed by atoms with E-state index in [0.29, 0.717) is 5.56 Å². The number of benzene rings is 3. The van der Waals surface area contributed by atoms with Gasteiger partial charge in [0.1, 0.15) is 6.61 Å². The first-order valence-corrected chi connectivity index (χ1v) is 10.6. The molecular weight excluding hydrogens is 390 g/mol. The largest absolute Gasteiger partial charge is 0.461 e. The molecule has 0 saturated carbocycles. The zero-order valence-corrected chi connectivity index (χ0v) is 16.7. The molecule has 0 heterocycles. The molecule has 0 aliphatic carbocycles. The van der Waals surface area contributed by atoms with Crippen LogP contribution in [0.1, 0.15) is 29.3 Å². The Morgan fingerprint density at radius 2 is 1.62 bits per heavy atom. The number of hydrogen-bond acceptors (Lipinski definition) is 5. The van der Waals surface area contributed by atoms with Crippen LogP contribution in [0.25, 0.3) is 10.8 Å². The number of ether oxygens (including phenoxy) is 1. The molecule has 0 bridgehead atoms. The van der Waals surface area contributed by atoms with Crippen LogP contribution in [-0.2, 0) is 26.2 Å². The molecule has 7 heteroatoms. The van der Waals surface area contributed by atoms with Gasteiger partial charge in [-0.2, -0.15) is 0 Å². The zero-order chi connectivity index (χ0) is 20.9. The lowest BCUT2D eigenvalue weighted by molar-refractivity contribution is -0.144. The normalized spacial score (nSPS) is 11.3. The molecule has 0 unspecified atom stereocenters. The summed E-state index contributed by atoms with van der Waals surface area (Å²) in [5.74, 6) is -0.636. The van der Waals surface area contributed by atoms with E-state index in [0.717, 1.165) is 16.3 Å². The standard InChI is InChI=1S/C22H21NO5S/c1-16(24)17-9-11-20(12-10-17)29(26,27)23-14-13-22(25)28-15-19-7-4-6-18-5-2-3-8-21(18)19/h2-12,23H,13-15H2,1H3. The lowest BCUT2D eigenvalue weighted by Crippen LogP contribution is -2.26. The van der Waals surface area contributed by atoms with Crippen molar-refractivity contribution in [2.75, 3.05) is 6.54 Å². The van der Waals surface area contributed by atoms with Crippen molar-refractivity contribution in [3.63, 3.8) is 0 Å². The first-order valence-electron chi connectivity index (χ1n) is 9.10. The molecule has 3 rings (SSSR count). The first-order chi connectivity index (χ1) is 13.9. The van der Waals surface area contributed by atoms with Gasteiger partial charge in [0.15, 0.2) is 5.78 Å². The highest BCUT2D eigenvalue weighted by atomic mass is 32.2. The molecule has 0 radical (unpaired) electrons. The molecular formula is C22H21NO5S. The highest BCUT2D eigenvalue weighted by Crippen LogP contribution is 2.19. The highest BCUT2D eigenvalue weighted by Gasteiger charge is 2.15. The second-order valence-electron chi connectivity index (χ2n) is 6.53. The molecule has 1 N–H and O–H groups in total. The molecule has 150 valence electrons. The number of carbonyl (C=O) groups is 2. The predicted octanol–water partition coefficient (Wildman–Crippen LogP) is 3.45. The fraction of sp³-hybridized carbons (Fsp3) is 0.182. The summed E-state index contributed by atoms with van der Waals surface area (Å²) < 4.78 is 32.2. The third-order valence-electron chi connectivity index (χ3n) is 4.46. The Kier molecular flexibility index (Phi) is 6.41. The van der Waals surface area contributed by atoms with Crippen molar-refractivity contribution in [1.82, 2.24) is 4.72 Å². The van der Waals surface area contributed by atoms with Crippen molar-refractivity contribution >= 4 is 32.5 Å². The van der Waals surface area contributed by atoms with Crippen molar-refractivity contribution in [3.8, 4) is 0 Å². The average molecular weight is 411 g/mol. The summed E-state index contributed by atoms with van der Waals surface area (Å²) in [4.78, 5) is 23.3. The van der Waals surface area contributed by atoms with E-state index in [1.807, 2.05) is 42.5 Å². The van der Waals surface area contributed by atoms with Gasteiger partial charge in [0.25, 0.3) is 0 Å². The second-order valence-corrected chi connectivity index (χ2v) is 8.29. The summed E-state index contributed by atoms with van der Waals surface area (Å²) in [6, 6.07) is 19.2. The highest BCUT2D eigenvalue weighted by molar-refractivity contribution is 7.89. The molecule has 0 saturated heterocycles. The topological polar surface area (TPSA) is 89.5 Å². The van der Waals surface area contributed by atoms with Crippen LogP contribution < -0.4 is 4.72 Å². The van der Waals surface area contributed by atoms with Crippen LogP contribution in [0, 0.1) is 0 Å². The maximum absolute atomic E-state index is 12.3. The van der Waals surface area contributed by atoms with Gasteiger partial charge in [-0.1, -0.05) is 54.6 Å². The minimum absolute atomic E-state index is 0.0339. The molecule has 0 spiro atoms. The van der Waals surface area contributed by atoms with Gasteiger partial charge in [-0.25, -0.2) is 13.1 Å². The SMILES string of the molecule is CC(=O)c1ccc(S(=O)(=O)NCCC(=O)OCc2cccc3ccccc23)cc1. The lowest BCUT2D eigenvalue weighted by Gasteiger charge is -2.09.